The van der Waals surface area contributed by atoms with Crippen LogP contribution in [0.5, 0.6) is 0 Å². The number of rotatable bonds is 3. The molecule has 0 aliphatic rings. The fraction of sp³-hybridized carbons (Fsp3) is 0.625. The SMILES string of the molecule is CC(C)CCn1cc(Br)c(I)n1. The fourth-order valence-electron chi connectivity index (χ4n) is 0.879. The predicted molar refractivity (Wildman–Crippen MR) is 62.1 cm³/mol. The van der Waals surface area contributed by atoms with Crippen LogP contribution in [0.15, 0.2) is 10.7 Å². The van der Waals surface area contributed by atoms with E-state index in [9.17, 15) is 0 Å². The molecule has 0 aromatic carbocycles. The molecule has 0 bridgehead atoms. The van der Waals surface area contributed by atoms with E-state index in [0.29, 0.717) is 0 Å². The first-order valence-corrected chi connectivity index (χ1v) is 5.85. The zero-order chi connectivity index (χ0) is 9.14. The minimum absolute atomic E-state index is 0.741. The Bertz CT molecular complexity index is 238. The Morgan fingerprint density at radius 1 is 1.67 bits per heavy atom. The lowest BCUT2D eigenvalue weighted by Crippen LogP contribution is -2.01. The van der Waals surface area contributed by atoms with Crippen molar-refractivity contribution < 1.29 is 0 Å². The van der Waals surface area contributed by atoms with Gasteiger partial charge in [0.05, 0.1) is 4.47 Å². The van der Waals surface area contributed by atoms with E-state index in [2.05, 4.69) is 57.5 Å². The highest BCUT2D eigenvalue weighted by atomic mass is 127. The van der Waals surface area contributed by atoms with Gasteiger partial charge in [-0.15, -0.1) is 0 Å². The Hall–Kier alpha value is 0.420. The van der Waals surface area contributed by atoms with Crippen LogP contribution in [-0.2, 0) is 6.54 Å². The van der Waals surface area contributed by atoms with E-state index in [4.69, 9.17) is 0 Å². The minimum atomic E-state index is 0.741. The summed E-state index contributed by atoms with van der Waals surface area (Å²) < 4.78 is 4.12. The van der Waals surface area contributed by atoms with Crippen molar-refractivity contribution >= 4 is 38.5 Å². The van der Waals surface area contributed by atoms with E-state index >= 15 is 0 Å². The van der Waals surface area contributed by atoms with Crippen molar-refractivity contribution in [3.05, 3.63) is 14.4 Å². The highest BCUT2D eigenvalue weighted by molar-refractivity contribution is 14.1. The molecule has 2 nitrogen and oxygen atoms in total. The fourth-order valence-corrected chi connectivity index (χ4v) is 1.61. The molecule has 68 valence electrons. The summed E-state index contributed by atoms with van der Waals surface area (Å²) in [5.74, 6) is 0.741. The van der Waals surface area contributed by atoms with Crippen molar-refractivity contribution in [2.24, 2.45) is 5.92 Å². The summed E-state index contributed by atoms with van der Waals surface area (Å²) in [6, 6.07) is 0. The molecule has 0 saturated carbocycles. The second-order valence-corrected chi connectivity index (χ2v) is 5.09. The van der Waals surface area contributed by atoms with Crippen molar-refractivity contribution in [1.29, 1.82) is 0 Å². The van der Waals surface area contributed by atoms with Crippen LogP contribution < -0.4 is 0 Å². The van der Waals surface area contributed by atoms with E-state index < -0.39 is 0 Å². The quantitative estimate of drug-likeness (QED) is 0.771. The van der Waals surface area contributed by atoms with E-state index in [1.165, 1.54) is 6.42 Å². The summed E-state index contributed by atoms with van der Waals surface area (Å²) in [4.78, 5) is 0. The third kappa shape index (κ3) is 3.05. The largest absolute Gasteiger partial charge is 0.271 e. The van der Waals surface area contributed by atoms with Crippen LogP contribution in [0.25, 0.3) is 0 Å². The maximum Gasteiger partial charge on any atom is 0.137 e. The number of halogens is 2. The van der Waals surface area contributed by atoms with E-state index in [1.807, 2.05) is 10.9 Å². The first-order chi connectivity index (χ1) is 5.59. The molecule has 0 aliphatic heterocycles. The van der Waals surface area contributed by atoms with Crippen molar-refractivity contribution in [3.8, 4) is 0 Å². The molecule has 4 heteroatoms. The van der Waals surface area contributed by atoms with Crippen LogP contribution >= 0.6 is 38.5 Å². The molecule has 12 heavy (non-hydrogen) atoms. The molecule has 0 radical (unpaired) electrons. The van der Waals surface area contributed by atoms with Gasteiger partial charge in [0.25, 0.3) is 0 Å². The lowest BCUT2D eigenvalue weighted by atomic mass is 10.1. The molecule has 1 aromatic rings. The molecule has 0 amide bonds. The molecule has 1 heterocycles. The smallest absolute Gasteiger partial charge is 0.137 e. The molecule has 1 rings (SSSR count). The topological polar surface area (TPSA) is 17.8 Å². The summed E-state index contributed by atoms with van der Waals surface area (Å²) in [6.07, 6.45) is 3.22. The van der Waals surface area contributed by atoms with Crippen LogP contribution in [0.2, 0.25) is 0 Å². The minimum Gasteiger partial charge on any atom is -0.271 e. The standard InChI is InChI=1S/C8H12BrIN2/c1-6(2)3-4-12-5-7(9)8(10)11-12/h5-6H,3-4H2,1-2H3. The molecule has 0 spiro atoms. The maximum absolute atomic E-state index is 4.34. The van der Waals surface area contributed by atoms with Crippen LogP contribution in [0.4, 0.5) is 0 Å². The van der Waals surface area contributed by atoms with Crippen molar-refractivity contribution in [3.63, 3.8) is 0 Å². The van der Waals surface area contributed by atoms with Crippen LogP contribution in [-0.4, -0.2) is 9.78 Å². The van der Waals surface area contributed by atoms with Gasteiger partial charge in [-0.1, -0.05) is 13.8 Å². The second kappa shape index (κ2) is 4.60. The molecule has 0 N–H and O–H groups in total. The van der Waals surface area contributed by atoms with Gasteiger partial charge < -0.3 is 0 Å². The van der Waals surface area contributed by atoms with Gasteiger partial charge in [-0.2, -0.15) is 5.10 Å². The number of aromatic nitrogens is 2. The van der Waals surface area contributed by atoms with Gasteiger partial charge in [-0.25, -0.2) is 0 Å². The lowest BCUT2D eigenvalue weighted by Gasteiger charge is -2.03. The molecule has 0 saturated heterocycles. The Morgan fingerprint density at radius 3 is 2.75 bits per heavy atom. The van der Waals surface area contributed by atoms with Gasteiger partial charge in [0, 0.05) is 12.7 Å². The van der Waals surface area contributed by atoms with Gasteiger partial charge in [-0.3, -0.25) is 4.68 Å². The van der Waals surface area contributed by atoms with Crippen LogP contribution in [0.3, 0.4) is 0 Å². The Labute approximate surface area is 95.0 Å². The zero-order valence-electron chi connectivity index (χ0n) is 7.22. The molecule has 0 unspecified atom stereocenters. The predicted octanol–water partition coefficient (Wildman–Crippen LogP) is 3.30. The Kier molecular flexibility index (Phi) is 4.02. The number of hydrogen-bond donors (Lipinski definition) is 0. The number of nitrogens with zero attached hydrogens (tertiary/aromatic N) is 2. The van der Waals surface area contributed by atoms with E-state index in [1.54, 1.807) is 0 Å². The van der Waals surface area contributed by atoms with Gasteiger partial charge in [0.1, 0.15) is 3.70 Å². The second-order valence-electron chi connectivity index (χ2n) is 3.21. The maximum atomic E-state index is 4.34. The monoisotopic (exact) mass is 342 g/mol. The van der Waals surface area contributed by atoms with Crippen LogP contribution in [0.1, 0.15) is 20.3 Å². The summed E-state index contributed by atoms with van der Waals surface area (Å²) in [5, 5.41) is 4.34. The van der Waals surface area contributed by atoms with Crippen molar-refractivity contribution in [2.45, 2.75) is 26.8 Å². The third-order valence-corrected chi connectivity index (χ3v) is 3.73. The average molecular weight is 343 g/mol. The summed E-state index contributed by atoms with van der Waals surface area (Å²) in [5.41, 5.74) is 0. The zero-order valence-corrected chi connectivity index (χ0v) is 11.0. The van der Waals surface area contributed by atoms with Gasteiger partial charge >= 0.3 is 0 Å². The van der Waals surface area contributed by atoms with Gasteiger partial charge in [0.15, 0.2) is 0 Å². The highest BCUT2D eigenvalue weighted by Crippen LogP contribution is 2.17. The summed E-state index contributed by atoms with van der Waals surface area (Å²) >= 11 is 5.66. The first kappa shape index (κ1) is 10.5. The van der Waals surface area contributed by atoms with Gasteiger partial charge in [0.2, 0.25) is 0 Å². The molecular formula is C8H12BrIN2. The molecular weight excluding hydrogens is 331 g/mol. The van der Waals surface area contributed by atoms with E-state index in [-0.39, 0.29) is 0 Å². The molecule has 0 fully saturated rings. The highest BCUT2D eigenvalue weighted by Gasteiger charge is 2.02. The number of aryl methyl sites for hydroxylation is 1. The lowest BCUT2D eigenvalue weighted by molar-refractivity contribution is 0.485. The molecule has 1 aromatic heterocycles. The average Bonchev–Trinajstić information content (AvgIpc) is 2.28. The normalized spacial score (nSPS) is 11.1. The summed E-state index contributed by atoms with van der Waals surface area (Å²) in [7, 11) is 0. The van der Waals surface area contributed by atoms with Crippen molar-refractivity contribution in [1.82, 2.24) is 9.78 Å². The third-order valence-electron chi connectivity index (χ3n) is 1.61. The first-order valence-electron chi connectivity index (χ1n) is 3.98. The Balaban J connectivity index is 2.53. The number of hydrogen-bond acceptors (Lipinski definition) is 1. The van der Waals surface area contributed by atoms with E-state index in [0.717, 1.165) is 20.6 Å². The Morgan fingerprint density at radius 2 is 2.33 bits per heavy atom. The van der Waals surface area contributed by atoms with Crippen molar-refractivity contribution in [2.75, 3.05) is 0 Å². The molecule has 0 aliphatic carbocycles. The molecule has 0 atom stereocenters. The van der Waals surface area contributed by atoms with Crippen LogP contribution in [0, 0.1) is 9.62 Å². The van der Waals surface area contributed by atoms with Gasteiger partial charge in [-0.05, 0) is 50.9 Å². The summed E-state index contributed by atoms with van der Waals surface area (Å²) in [6.45, 7) is 5.46.